The Morgan fingerprint density at radius 3 is 2.35 bits per heavy atom. The predicted molar refractivity (Wildman–Crippen MR) is 78.3 cm³/mol. The maximum Gasteiger partial charge on any atom is 0.206 e. The van der Waals surface area contributed by atoms with Gasteiger partial charge in [0.05, 0.1) is 0 Å². The van der Waals surface area contributed by atoms with Crippen molar-refractivity contribution in [2.24, 2.45) is 0 Å². The Bertz CT molecular complexity index is 564. The molecule has 0 unspecified atom stereocenters. The molecule has 0 amide bonds. The highest BCUT2D eigenvalue weighted by atomic mass is 28.4. The van der Waals surface area contributed by atoms with Gasteiger partial charge in [-0.1, -0.05) is 48.5 Å². The van der Waals surface area contributed by atoms with Crippen LogP contribution < -0.4 is 10.4 Å². The molecule has 0 saturated carbocycles. The lowest BCUT2D eigenvalue weighted by atomic mass is 10.1. The van der Waals surface area contributed by atoms with Crippen molar-refractivity contribution < 1.29 is 4.12 Å². The largest absolute Gasteiger partial charge is 0.453 e. The second-order valence-electron chi connectivity index (χ2n) is 5.00. The van der Waals surface area contributed by atoms with E-state index in [-0.39, 0.29) is 0 Å². The molecule has 17 heavy (non-hydrogen) atoms. The summed E-state index contributed by atoms with van der Waals surface area (Å²) in [6.45, 7) is 4.62. The summed E-state index contributed by atoms with van der Waals surface area (Å²) in [5.74, 6) is 0. The summed E-state index contributed by atoms with van der Waals surface area (Å²) in [6.07, 6.45) is 0. The van der Waals surface area contributed by atoms with Gasteiger partial charge in [-0.05, 0) is 34.6 Å². The third-order valence-electron chi connectivity index (χ3n) is 3.47. The molecule has 0 bridgehead atoms. The van der Waals surface area contributed by atoms with E-state index in [4.69, 9.17) is 4.12 Å². The van der Waals surface area contributed by atoms with Crippen LogP contribution >= 0.6 is 0 Å². The van der Waals surface area contributed by atoms with Gasteiger partial charge in [0.25, 0.3) is 0 Å². The van der Waals surface area contributed by atoms with Crippen LogP contribution in [-0.4, -0.2) is 18.1 Å². The van der Waals surface area contributed by atoms with E-state index in [0.29, 0.717) is 0 Å². The highest BCUT2D eigenvalue weighted by Gasteiger charge is 2.31. The molecule has 0 atom stereocenters. The highest BCUT2D eigenvalue weighted by molar-refractivity contribution is 6.89. The maximum atomic E-state index is 6.32. The van der Waals surface area contributed by atoms with Crippen LogP contribution in [0, 0.1) is 0 Å². The molecule has 86 valence electrons. The van der Waals surface area contributed by atoms with E-state index in [1.165, 1.54) is 21.5 Å². The molecule has 3 rings (SSSR count). The Morgan fingerprint density at radius 1 is 0.882 bits per heavy atom. The molecule has 2 aromatic carbocycles. The minimum absolute atomic E-state index is 0.584. The van der Waals surface area contributed by atoms with E-state index in [9.17, 15) is 0 Å². The molecule has 2 aromatic rings. The average molecular weight is 256 g/mol. The number of fused-ring (bicyclic) bond motifs is 3. The van der Waals surface area contributed by atoms with Crippen LogP contribution in [-0.2, 0) is 4.12 Å². The fourth-order valence-corrected chi connectivity index (χ4v) is 7.24. The fourth-order valence-electron chi connectivity index (χ4n) is 2.49. The van der Waals surface area contributed by atoms with Crippen LogP contribution in [0.3, 0.4) is 0 Å². The summed E-state index contributed by atoms with van der Waals surface area (Å²) in [4.78, 5) is 0. The van der Waals surface area contributed by atoms with Crippen molar-refractivity contribution in [3.8, 4) is 11.1 Å². The van der Waals surface area contributed by atoms with E-state index < -0.39 is 18.1 Å². The smallest absolute Gasteiger partial charge is 0.206 e. The Kier molecular flexibility index (Phi) is 2.54. The molecular formula is C14H16OSi2. The van der Waals surface area contributed by atoms with Gasteiger partial charge in [0.15, 0.2) is 9.76 Å². The van der Waals surface area contributed by atoms with Crippen molar-refractivity contribution in [2.45, 2.75) is 13.1 Å². The second-order valence-corrected chi connectivity index (χ2v) is 10.8. The quantitative estimate of drug-likeness (QED) is 0.649. The second kappa shape index (κ2) is 3.94. The zero-order valence-corrected chi connectivity index (χ0v) is 12.6. The van der Waals surface area contributed by atoms with Crippen LogP contribution in [0.15, 0.2) is 48.5 Å². The van der Waals surface area contributed by atoms with Crippen molar-refractivity contribution in [1.29, 1.82) is 0 Å². The number of hydrogen-bond acceptors (Lipinski definition) is 1. The molecule has 0 aromatic heterocycles. The van der Waals surface area contributed by atoms with Gasteiger partial charge in [-0.25, -0.2) is 0 Å². The van der Waals surface area contributed by atoms with E-state index in [0.717, 1.165) is 0 Å². The SMILES string of the molecule is C[Si]1(C)O[SiH2]c2ccccc2-c2ccccc21. The molecule has 1 aliphatic rings. The fraction of sp³-hybridized carbons (Fsp3) is 0.143. The first-order valence-electron chi connectivity index (χ1n) is 6.00. The Labute approximate surface area is 106 Å². The molecule has 0 spiro atoms. The molecule has 1 nitrogen and oxygen atoms in total. The summed E-state index contributed by atoms with van der Waals surface area (Å²) in [5, 5.41) is 2.88. The minimum Gasteiger partial charge on any atom is -0.453 e. The van der Waals surface area contributed by atoms with E-state index in [1.807, 2.05) is 0 Å². The van der Waals surface area contributed by atoms with Crippen LogP contribution in [0.2, 0.25) is 13.1 Å². The van der Waals surface area contributed by atoms with Crippen molar-refractivity contribution in [3.05, 3.63) is 48.5 Å². The molecule has 0 N–H and O–H groups in total. The Balaban J connectivity index is 2.31. The first kappa shape index (κ1) is 11.0. The van der Waals surface area contributed by atoms with Gasteiger partial charge in [-0.2, -0.15) is 0 Å². The van der Waals surface area contributed by atoms with Gasteiger partial charge >= 0.3 is 0 Å². The van der Waals surface area contributed by atoms with Crippen molar-refractivity contribution in [1.82, 2.24) is 0 Å². The van der Waals surface area contributed by atoms with Crippen LogP contribution in [0.1, 0.15) is 0 Å². The lowest BCUT2D eigenvalue weighted by Crippen LogP contribution is -2.46. The zero-order chi connectivity index (χ0) is 11.9. The van der Waals surface area contributed by atoms with Crippen molar-refractivity contribution in [3.63, 3.8) is 0 Å². The molecule has 0 fully saturated rings. The first-order chi connectivity index (χ1) is 8.18. The Morgan fingerprint density at radius 2 is 1.53 bits per heavy atom. The normalized spacial score (nSPS) is 18.2. The molecule has 0 saturated heterocycles. The lowest BCUT2D eigenvalue weighted by molar-refractivity contribution is 0.617. The van der Waals surface area contributed by atoms with Gasteiger partial charge < -0.3 is 4.12 Å². The summed E-state index contributed by atoms with van der Waals surface area (Å²) in [5.41, 5.74) is 2.79. The summed E-state index contributed by atoms with van der Waals surface area (Å²) in [7, 11) is -2.28. The standard InChI is InChI=1S/C14H16OSi2/c1-17(2)14-10-6-4-8-12(14)11-7-3-5-9-13(11)16-15-17/h3-10H,16H2,1-2H3. The molecular weight excluding hydrogens is 240 g/mol. The van der Waals surface area contributed by atoms with Crippen molar-refractivity contribution >= 4 is 28.5 Å². The van der Waals surface area contributed by atoms with E-state index in [1.54, 1.807) is 0 Å². The van der Waals surface area contributed by atoms with Gasteiger partial charge in [0.1, 0.15) is 0 Å². The van der Waals surface area contributed by atoms with Gasteiger partial charge in [0.2, 0.25) is 8.32 Å². The number of benzene rings is 2. The van der Waals surface area contributed by atoms with E-state index in [2.05, 4.69) is 61.6 Å². The Hall–Kier alpha value is -1.17. The lowest BCUT2D eigenvalue weighted by Gasteiger charge is -2.23. The summed E-state index contributed by atoms with van der Waals surface area (Å²) < 4.78 is 6.32. The van der Waals surface area contributed by atoms with Crippen LogP contribution in [0.25, 0.3) is 11.1 Å². The predicted octanol–water partition coefficient (Wildman–Crippen LogP) is 1.50. The first-order valence-corrected chi connectivity index (χ1v) is 10.2. The van der Waals surface area contributed by atoms with Gasteiger partial charge in [-0.3, -0.25) is 0 Å². The molecule has 0 aliphatic carbocycles. The summed E-state index contributed by atoms with van der Waals surface area (Å²) in [6, 6.07) is 17.5. The molecule has 1 heterocycles. The highest BCUT2D eigenvalue weighted by Crippen LogP contribution is 2.21. The summed E-state index contributed by atoms with van der Waals surface area (Å²) >= 11 is 0. The van der Waals surface area contributed by atoms with Gasteiger partial charge in [-0.15, -0.1) is 0 Å². The average Bonchev–Trinajstić information content (AvgIpc) is 2.47. The monoisotopic (exact) mass is 256 g/mol. The van der Waals surface area contributed by atoms with Gasteiger partial charge in [0, 0.05) is 0 Å². The molecule has 3 heteroatoms. The topological polar surface area (TPSA) is 9.23 Å². The zero-order valence-electron chi connectivity index (χ0n) is 10.2. The van der Waals surface area contributed by atoms with E-state index >= 15 is 0 Å². The number of hydrogen-bond donors (Lipinski definition) is 0. The van der Waals surface area contributed by atoms with Crippen molar-refractivity contribution in [2.75, 3.05) is 0 Å². The molecule has 1 aliphatic heterocycles. The third-order valence-corrected chi connectivity index (χ3v) is 9.60. The van der Waals surface area contributed by atoms with Crippen LogP contribution in [0.4, 0.5) is 0 Å². The maximum absolute atomic E-state index is 6.32. The number of rotatable bonds is 0. The van der Waals surface area contributed by atoms with Crippen LogP contribution in [0.5, 0.6) is 0 Å². The third kappa shape index (κ3) is 1.80. The molecule has 0 radical (unpaired) electrons. The minimum atomic E-state index is -1.70.